The number of aromatic nitrogens is 1. The van der Waals surface area contributed by atoms with E-state index in [4.69, 9.17) is 21.1 Å². The number of nitrogens with one attached hydrogen (secondary N) is 1. The van der Waals surface area contributed by atoms with Crippen LogP contribution >= 0.6 is 11.6 Å². The number of aryl methyl sites for hydroxylation is 1. The minimum Gasteiger partial charge on any atom is -0.497 e. The Morgan fingerprint density at radius 1 is 1.03 bits per heavy atom. The molecule has 0 unspecified atom stereocenters. The Morgan fingerprint density at radius 3 is 2.35 bits per heavy atom. The maximum atomic E-state index is 12.1. The Kier molecular flexibility index (Phi) is 5.52. The summed E-state index contributed by atoms with van der Waals surface area (Å²) in [6, 6.07) is 21.7. The van der Waals surface area contributed by atoms with Gasteiger partial charge in [0.25, 0.3) is 0 Å². The van der Waals surface area contributed by atoms with Crippen LogP contribution in [0.5, 0.6) is 11.5 Å². The molecular weight excluding hydrogens is 414 g/mol. The summed E-state index contributed by atoms with van der Waals surface area (Å²) in [5.41, 5.74) is 3.70. The third kappa shape index (κ3) is 4.04. The fraction of sp³-hybridized carbons (Fsp3) is 0.0833. The zero-order valence-corrected chi connectivity index (χ0v) is 17.6. The van der Waals surface area contributed by atoms with Crippen LogP contribution in [0.1, 0.15) is 5.56 Å². The summed E-state index contributed by atoms with van der Waals surface area (Å²) in [7, 11) is 3.52. The molecule has 1 heterocycles. The summed E-state index contributed by atoms with van der Waals surface area (Å²) < 4.78 is 12.5. The summed E-state index contributed by atoms with van der Waals surface area (Å²) >= 11 is 5.83. The first-order valence-corrected chi connectivity index (χ1v) is 9.79. The van der Waals surface area contributed by atoms with Gasteiger partial charge in [-0.05, 0) is 54.1 Å². The van der Waals surface area contributed by atoms with Crippen LogP contribution in [0.15, 0.2) is 66.7 Å². The van der Waals surface area contributed by atoms with E-state index in [1.165, 1.54) is 0 Å². The first-order valence-electron chi connectivity index (χ1n) is 9.41. The van der Waals surface area contributed by atoms with Crippen LogP contribution in [0.2, 0.25) is 5.02 Å². The van der Waals surface area contributed by atoms with Crippen LogP contribution in [-0.4, -0.2) is 17.8 Å². The van der Waals surface area contributed by atoms with E-state index in [0.29, 0.717) is 22.0 Å². The summed E-state index contributed by atoms with van der Waals surface area (Å²) in [6.07, 6.45) is -0.607. The van der Waals surface area contributed by atoms with E-state index in [1.807, 2.05) is 41.9 Å². The van der Waals surface area contributed by atoms with Crippen molar-refractivity contribution in [3.05, 3.63) is 77.3 Å². The minimum atomic E-state index is -0.607. The highest BCUT2D eigenvalue weighted by molar-refractivity contribution is 6.30. The van der Waals surface area contributed by atoms with Crippen molar-refractivity contribution in [1.82, 2.24) is 4.57 Å². The fourth-order valence-corrected chi connectivity index (χ4v) is 3.58. The number of nitriles is 1. The highest BCUT2D eigenvalue weighted by Crippen LogP contribution is 2.34. The maximum absolute atomic E-state index is 12.1. The Balaban J connectivity index is 1.59. The molecule has 7 heteroatoms. The van der Waals surface area contributed by atoms with Gasteiger partial charge in [0, 0.05) is 29.2 Å². The molecule has 3 aromatic carbocycles. The number of hydrogen-bond donors (Lipinski definition) is 1. The second kappa shape index (κ2) is 8.42. The number of amides is 1. The number of fused-ring (bicyclic) bond motifs is 1. The average Bonchev–Trinajstić information content (AvgIpc) is 3.07. The molecule has 0 aliphatic heterocycles. The van der Waals surface area contributed by atoms with Crippen molar-refractivity contribution in [3.63, 3.8) is 0 Å². The van der Waals surface area contributed by atoms with Gasteiger partial charge in [0.05, 0.1) is 23.9 Å². The normalized spacial score (nSPS) is 10.5. The lowest BCUT2D eigenvalue weighted by atomic mass is 10.1. The lowest BCUT2D eigenvalue weighted by molar-refractivity contribution is 0.215. The van der Waals surface area contributed by atoms with Crippen LogP contribution in [0, 0.1) is 11.3 Å². The van der Waals surface area contributed by atoms with Crippen molar-refractivity contribution in [2.45, 2.75) is 0 Å². The van der Waals surface area contributed by atoms with Crippen LogP contribution in [0.3, 0.4) is 0 Å². The Bertz CT molecular complexity index is 1300. The molecule has 0 spiro atoms. The van der Waals surface area contributed by atoms with E-state index in [1.54, 1.807) is 43.5 Å². The molecular formula is C24H18ClN3O3. The topological polar surface area (TPSA) is 76.3 Å². The van der Waals surface area contributed by atoms with E-state index in [2.05, 4.69) is 11.4 Å². The number of rotatable bonds is 4. The van der Waals surface area contributed by atoms with Gasteiger partial charge in [-0.2, -0.15) is 5.26 Å². The molecule has 1 aromatic heterocycles. The van der Waals surface area contributed by atoms with Gasteiger partial charge in [-0.3, -0.25) is 5.32 Å². The van der Waals surface area contributed by atoms with Crippen molar-refractivity contribution < 1.29 is 14.3 Å². The Labute approximate surface area is 184 Å². The van der Waals surface area contributed by atoms with Crippen LogP contribution in [0.4, 0.5) is 10.5 Å². The number of anilines is 1. The molecule has 0 aliphatic rings. The van der Waals surface area contributed by atoms with E-state index < -0.39 is 6.09 Å². The second-order valence-electron chi connectivity index (χ2n) is 6.82. The van der Waals surface area contributed by atoms with E-state index in [-0.39, 0.29) is 0 Å². The van der Waals surface area contributed by atoms with Gasteiger partial charge in [-0.1, -0.05) is 23.7 Å². The number of carbonyl (C=O) groups excluding carboxylic acids is 1. The molecule has 0 aliphatic carbocycles. The van der Waals surface area contributed by atoms with Gasteiger partial charge in [0.2, 0.25) is 0 Å². The van der Waals surface area contributed by atoms with Gasteiger partial charge in [0.1, 0.15) is 17.6 Å². The van der Waals surface area contributed by atoms with Gasteiger partial charge in [-0.15, -0.1) is 0 Å². The largest absolute Gasteiger partial charge is 0.497 e. The van der Waals surface area contributed by atoms with Crippen LogP contribution in [0.25, 0.3) is 22.2 Å². The lowest BCUT2D eigenvalue weighted by Gasteiger charge is -2.09. The molecule has 0 radical (unpaired) electrons. The van der Waals surface area contributed by atoms with E-state index in [9.17, 15) is 10.1 Å². The number of nitrogens with zero attached hydrogens (tertiary/aromatic N) is 2. The smallest absolute Gasteiger partial charge is 0.417 e. The molecule has 1 amide bonds. The number of carbonyl (C=O) groups is 1. The lowest BCUT2D eigenvalue weighted by Crippen LogP contribution is -2.16. The quantitative estimate of drug-likeness (QED) is 0.430. The molecule has 1 N–H and O–H groups in total. The molecule has 4 aromatic rings. The average molecular weight is 432 g/mol. The van der Waals surface area contributed by atoms with Gasteiger partial charge in [-0.25, -0.2) is 4.79 Å². The van der Waals surface area contributed by atoms with Gasteiger partial charge in [0.15, 0.2) is 0 Å². The molecule has 0 fully saturated rings. The summed E-state index contributed by atoms with van der Waals surface area (Å²) in [5.74, 6) is 1.12. The molecule has 4 rings (SSSR count). The van der Waals surface area contributed by atoms with Crippen molar-refractivity contribution >= 4 is 34.3 Å². The minimum absolute atomic E-state index is 0.392. The molecule has 0 saturated heterocycles. The Hall–Kier alpha value is -3.95. The van der Waals surface area contributed by atoms with Crippen molar-refractivity contribution in [3.8, 4) is 28.8 Å². The summed E-state index contributed by atoms with van der Waals surface area (Å²) in [6.45, 7) is 0. The number of halogens is 1. The number of hydrogen-bond acceptors (Lipinski definition) is 4. The maximum Gasteiger partial charge on any atom is 0.417 e. The third-order valence-electron chi connectivity index (χ3n) is 4.95. The number of methoxy groups -OCH3 is 1. The highest BCUT2D eigenvalue weighted by Gasteiger charge is 2.17. The first kappa shape index (κ1) is 20.3. The second-order valence-corrected chi connectivity index (χ2v) is 7.26. The van der Waals surface area contributed by atoms with Gasteiger partial charge >= 0.3 is 6.09 Å². The molecule has 0 atom stereocenters. The standard InChI is InChI=1S/C24H18ClN3O3/c1-28-22-13-19(30-2)11-12-20(22)21(14-26)23(28)15-3-7-17(8-4-15)27-24(29)31-18-9-5-16(25)6-10-18/h3-13H,1-2H3,(H,27,29). The number of benzene rings is 3. The Morgan fingerprint density at radius 2 is 1.71 bits per heavy atom. The molecule has 6 nitrogen and oxygen atoms in total. The van der Waals surface area contributed by atoms with Crippen LogP contribution in [-0.2, 0) is 7.05 Å². The molecule has 154 valence electrons. The molecule has 31 heavy (non-hydrogen) atoms. The molecule has 0 saturated carbocycles. The molecule has 0 bridgehead atoms. The van der Waals surface area contributed by atoms with E-state index in [0.717, 1.165) is 27.9 Å². The third-order valence-corrected chi connectivity index (χ3v) is 5.20. The predicted molar refractivity (Wildman–Crippen MR) is 121 cm³/mol. The summed E-state index contributed by atoms with van der Waals surface area (Å²) in [4.78, 5) is 12.1. The number of ether oxygens (including phenoxy) is 2. The predicted octanol–water partition coefficient (Wildman–Crippen LogP) is 5.99. The zero-order valence-electron chi connectivity index (χ0n) is 16.8. The summed E-state index contributed by atoms with van der Waals surface area (Å²) in [5, 5.41) is 13.9. The van der Waals surface area contributed by atoms with Crippen molar-refractivity contribution in [2.24, 2.45) is 7.05 Å². The van der Waals surface area contributed by atoms with Crippen molar-refractivity contribution in [1.29, 1.82) is 5.26 Å². The fourth-order valence-electron chi connectivity index (χ4n) is 3.46. The van der Waals surface area contributed by atoms with Gasteiger partial charge < -0.3 is 14.0 Å². The van der Waals surface area contributed by atoms with E-state index >= 15 is 0 Å². The van der Waals surface area contributed by atoms with Crippen LogP contribution < -0.4 is 14.8 Å². The monoisotopic (exact) mass is 431 g/mol. The highest BCUT2D eigenvalue weighted by atomic mass is 35.5. The SMILES string of the molecule is COc1ccc2c(C#N)c(-c3ccc(NC(=O)Oc4ccc(Cl)cc4)cc3)n(C)c2c1. The van der Waals surface area contributed by atoms with Crippen molar-refractivity contribution in [2.75, 3.05) is 12.4 Å². The first-order chi connectivity index (χ1) is 15.0. The zero-order chi connectivity index (χ0) is 22.0.